The molecule has 1 heterocycles. The van der Waals surface area contributed by atoms with Crippen LogP contribution in [0.25, 0.3) is 11.0 Å². The number of esters is 1. The molecule has 0 spiro atoms. The Morgan fingerprint density at radius 2 is 1.82 bits per heavy atom. The fraction of sp³-hybridized carbons (Fsp3) is 0.400. The fourth-order valence-electron chi connectivity index (χ4n) is 3.47. The van der Waals surface area contributed by atoms with Crippen LogP contribution in [-0.4, -0.2) is 40.7 Å². The first-order valence-corrected chi connectivity index (χ1v) is 11.6. The van der Waals surface area contributed by atoms with Crippen LogP contribution in [0.3, 0.4) is 0 Å². The number of rotatable bonds is 12. The van der Waals surface area contributed by atoms with Crippen LogP contribution in [0.5, 0.6) is 5.75 Å². The number of nitrogens with zero attached hydrogens (tertiary/aromatic N) is 2. The average molecular weight is 472 g/mol. The SMILES string of the molecule is CC(C)OC(=O)Cn1c(CCCCCNC(=O)COc2ccc(Cl)cc2)nc2ccccc21. The van der Waals surface area contributed by atoms with Crippen LogP contribution in [0.1, 0.15) is 38.9 Å². The van der Waals surface area contributed by atoms with Gasteiger partial charge in [0.05, 0.1) is 17.1 Å². The molecule has 3 aromatic rings. The lowest BCUT2D eigenvalue weighted by Crippen LogP contribution is -2.29. The fourth-order valence-corrected chi connectivity index (χ4v) is 3.59. The van der Waals surface area contributed by atoms with E-state index >= 15 is 0 Å². The van der Waals surface area contributed by atoms with E-state index in [2.05, 4.69) is 5.32 Å². The van der Waals surface area contributed by atoms with Crippen LogP contribution in [0.4, 0.5) is 0 Å². The summed E-state index contributed by atoms with van der Waals surface area (Å²) in [5.74, 6) is 1.06. The number of amides is 1. The number of nitrogens with one attached hydrogen (secondary N) is 1. The van der Waals surface area contributed by atoms with Gasteiger partial charge in [-0.25, -0.2) is 4.98 Å². The van der Waals surface area contributed by atoms with Crippen LogP contribution in [-0.2, 0) is 27.3 Å². The van der Waals surface area contributed by atoms with E-state index in [1.165, 1.54) is 0 Å². The van der Waals surface area contributed by atoms with Crippen molar-refractivity contribution in [2.24, 2.45) is 0 Å². The van der Waals surface area contributed by atoms with E-state index in [0.717, 1.165) is 42.5 Å². The molecule has 1 aromatic heterocycles. The Balaban J connectivity index is 1.41. The topological polar surface area (TPSA) is 82.5 Å². The van der Waals surface area contributed by atoms with E-state index in [1.807, 2.05) is 42.7 Å². The van der Waals surface area contributed by atoms with Crippen LogP contribution in [0, 0.1) is 0 Å². The number of ether oxygens (including phenoxy) is 2. The molecule has 3 rings (SSSR count). The van der Waals surface area contributed by atoms with Crippen LogP contribution in [0.2, 0.25) is 5.02 Å². The third-order valence-corrected chi connectivity index (χ3v) is 5.22. The minimum atomic E-state index is -0.266. The summed E-state index contributed by atoms with van der Waals surface area (Å²) in [7, 11) is 0. The van der Waals surface area contributed by atoms with Crippen molar-refractivity contribution >= 4 is 34.5 Å². The molecule has 0 atom stereocenters. The van der Waals surface area contributed by atoms with E-state index in [-0.39, 0.29) is 31.1 Å². The highest BCUT2D eigenvalue weighted by molar-refractivity contribution is 6.30. The van der Waals surface area contributed by atoms with Gasteiger partial charge >= 0.3 is 5.97 Å². The lowest BCUT2D eigenvalue weighted by molar-refractivity contribution is -0.148. The highest BCUT2D eigenvalue weighted by Gasteiger charge is 2.15. The van der Waals surface area contributed by atoms with Crippen LogP contribution < -0.4 is 10.1 Å². The quantitative estimate of drug-likeness (QED) is 0.309. The van der Waals surface area contributed by atoms with Crippen LogP contribution in [0.15, 0.2) is 48.5 Å². The first kappa shape index (κ1) is 24.6. The van der Waals surface area contributed by atoms with Crippen molar-refractivity contribution < 1.29 is 19.1 Å². The zero-order valence-electron chi connectivity index (χ0n) is 19.1. The van der Waals surface area contributed by atoms with Crippen LogP contribution >= 0.6 is 11.6 Å². The molecule has 0 aliphatic carbocycles. The second kappa shape index (κ2) is 12.3. The summed E-state index contributed by atoms with van der Waals surface area (Å²) < 4.78 is 12.7. The van der Waals surface area contributed by atoms with Crippen molar-refractivity contribution in [2.45, 2.75) is 52.2 Å². The van der Waals surface area contributed by atoms with Gasteiger partial charge in [0.1, 0.15) is 18.1 Å². The number of aryl methyl sites for hydroxylation is 1. The van der Waals surface area contributed by atoms with E-state index < -0.39 is 0 Å². The third-order valence-electron chi connectivity index (χ3n) is 4.97. The highest BCUT2D eigenvalue weighted by atomic mass is 35.5. The number of para-hydroxylation sites is 2. The van der Waals surface area contributed by atoms with Gasteiger partial charge in [-0.2, -0.15) is 0 Å². The van der Waals surface area contributed by atoms with Crippen molar-refractivity contribution in [1.29, 1.82) is 0 Å². The minimum absolute atomic E-state index is 0.0296. The molecule has 8 heteroatoms. The average Bonchev–Trinajstić information content (AvgIpc) is 3.12. The van der Waals surface area contributed by atoms with Gasteiger partial charge < -0.3 is 19.4 Å². The van der Waals surface area contributed by atoms with Crippen molar-refractivity contribution in [3.8, 4) is 5.75 Å². The van der Waals surface area contributed by atoms with Crippen molar-refractivity contribution in [3.63, 3.8) is 0 Å². The van der Waals surface area contributed by atoms with E-state index in [4.69, 9.17) is 26.1 Å². The molecular formula is C25H30ClN3O4. The Morgan fingerprint density at radius 1 is 1.06 bits per heavy atom. The molecule has 0 aliphatic heterocycles. The van der Waals surface area contributed by atoms with Gasteiger partial charge in [0.2, 0.25) is 0 Å². The van der Waals surface area contributed by atoms with Gasteiger partial charge in [-0.3, -0.25) is 9.59 Å². The molecule has 0 unspecified atom stereocenters. The van der Waals surface area contributed by atoms with Gasteiger partial charge in [0.15, 0.2) is 6.61 Å². The molecule has 33 heavy (non-hydrogen) atoms. The number of hydrogen-bond donors (Lipinski definition) is 1. The zero-order valence-corrected chi connectivity index (χ0v) is 19.8. The molecule has 7 nitrogen and oxygen atoms in total. The second-order valence-corrected chi connectivity index (χ2v) is 8.48. The Kier molecular flexibility index (Phi) is 9.13. The molecule has 0 bridgehead atoms. The smallest absolute Gasteiger partial charge is 0.326 e. The number of aromatic nitrogens is 2. The number of halogens is 1. The molecule has 0 fully saturated rings. The number of hydrogen-bond acceptors (Lipinski definition) is 5. The predicted molar refractivity (Wildman–Crippen MR) is 128 cm³/mol. The van der Waals surface area contributed by atoms with E-state index in [9.17, 15) is 9.59 Å². The van der Waals surface area contributed by atoms with Crippen molar-refractivity contribution in [2.75, 3.05) is 13.2 Å². The van der Waals surface area contributed by atoms with Gasteiger partial charge in [-0.05, 0) is 63.1 Å². The monoisotopic (exact) mass is 471 g/mol. The molecule has 1 amide bonds. The standard InChI is InChI=1S/C25H30ClN3O4/c1-18(2)33-25(31)16-29-22-9-6-5-8-21(22)28-23(29)10-4-3-7-15-27-24(30)17-32-20-13-11-19(26)12-14-20/h5-6,8-9,11-14,18H,3-4,7,10,15-17H2,1-2H3,(H,27,30). The molecule has 1 N–H and O–H groups in total. The molecule has 2 aromatic carbocycles. The molecule has 0 radical (unpaired) electrons. The summed E-state index contributed by atoms with van der Waals surface area (Å²) in [5.41, 5.74) is 1.80. The Morgan fingerprint density at radius 3 is 2.58 bits per heavy atom. The first-order chi connectivity index (χ1) is 15.9. The third kappa shape index (κ3) is 7.79. The Hall–Kier alpha value is -3.06. The molecule has 0 saturated carbocycles. The molecule has 0 aliphatic rings. The summed E-state index contributed by atoms with van der Waals surface area (Å²) in [6.45, 7) is 4.39. The van der Waals surface area contributed by atoms with E-state index in [1.54, 1.807) is 24.3 Å². The maximum Gasteiger partial charge on any atom is 0.326 e. The summed E-state index contributed by atoms with van der Waals surface area (Å²) in [4.78, 5) is 28.9. The van der Waals surface area contributed by atoms with Gasteiger partial charge in [-0.15, -0.1) is 0 Å². The Labute approximate surface area is 199 Å². The highest BCUT2D eigenvalue weighted by Crippen LogP contribution is 2.18. The summed E-state index contributed by atoms with van der Waals surface area (Å²) in [6.07, 6.45) is 3.28. The Bertz CT molecular complexity index is 1060. The normalized spacial score (nSPS) is 11.0. The number of carbonyl (C=O) groups is 2. The van der Waals surface area contributed by atoms with Gasteiger partial charge in [0, 0.05) is 18.0 Å². The largest absolute Gasteiger partial charge is 0.484 e. The number of fused-ring (bicyclic) bond motifs is 1. The summed E-state index contributed by atoms with van der Waals surface area (Å²) in [6, 6.07) is 14.7. The number of carbonyl (C=O) groups excluding carboxylic acids is 2. The second-order valence-electron chi connectivity index (χ2n) is 8.04. The predicted octanol–water partition coefficient (Wildman–Crippen LogP) is 4.55. The number of benzene rings is 2. The van der Waals surface area contributed by atoms with Gasteiger partial charge in [0.25, 0.3) is 5.91 Å². The first-order valence-electron chi connectivity index (χ1n) is 11.2. The molecule has 176 valence electrons. The number of unbranched alkanes of at least 4 members (excludes halogenated alkanes) is 2. The van der Waals surface area contributed by atoms with Crippen molar-refractivity contribution in [3.05, 3.63) is 59.4 Å². The van der Waals surface area contributed by atoms with E-state index in [0.29, 0.717) is 17.3 Å². The number of imidazole rings is 1. The summed E-state index contributed by atoms with van der Waals surface area (Å²) in [5, 5.41) is 3.49. The lowest BCUT2D eigenvalue weighted by atomic mass is 10.2. The maximum atomic E-state index is 12.2. The summed E-state index contributed by atoms with van der Waals surface area (Å²) >= 11 is 5.83. The van der Waals surface area contributed by atoms with Gasteiger partial charge in [-0.1, -0.05) is 30.2 Å². The zero-order chi connectivity index (χ0) is 23.6. The lowest BCUT2D eigenvalue weighted by Gasteiger charge is -2.11. The molecular weight excluding hydrogens is 442 g/mol. The minimum Gasteiger partial charge on any atom is -0.484 e. The molecule has 0 saturated heterocycles. The maximum absolute atomic E-state index is 12.2. The van der Waals surface area contributed by atoms with Crippen molar-refractivity contribution in [1.82, 2.24) is 14.9 Å².